The van der Waals surface area contributed by atoms with Crippen LogP contribution in [0.25, 0.3) is 0 Å². The van der Waals surface area contributed by atoms with Crippen molar-refractivity contribution in [3.63, 3.8) is 0 Å². The van der Waals surface area contributed by atoms with E-state index in [1.165, 1.54) is 13.8 Å². The van der Waals surface area contributed by atoms with Crippen LogP contribution in [0.3, 0.4) is 0 Å². The second kappa shape index (κ2) is 9.88. The monoisotopic (exact) mass is 330 g/mol. The van der Waals surface area contributed by atoms with Gasteiger partial charge in [-0.1, -0.05) is 33.6 Å². The lowest BCUT2D eigenvalue weighted by Gasteiger charge is -2.43. The Bertz CT molecular complexity index is 383. The standard InChI is InChI=1S/C17H30O6/c1-6-7-8-9-20-17-12(3)11(2)16(22-14(5)19)15(23-17)10-21-13(4)18/h11-12,15-17H,6-10H2,1-5H3/t11-,12?,15?,16-,17-/m1/s1. The van der Waals surface area contributed by atoms with Crippen molar-refractivity contribution in [1.82, 2.24) is 0 Å². The molecule has 134 valence electrons. The molecule has 1 heterocycles. The smallest absolute Gasteiger partial charge is 0.303 e. The molecule has 2 unspecified atom stereocenters. The van der Waals surface area contributed by atoms with E-state index in [4.69, 9.17) is 18.9 Å². The molecular formula is C17H30O6. The van der Waals surface area contributed by atoms with Crippen molar-refractivity contribution in [2.75, 3.05) is 13.2 Å². The Labute approximate surface area is 138 Å². The lowest BCUT2D eigenvalue weighted by atomic mass is 9.84. The Morgan fingerprint density at radius 3 is 2.30 bits per heavy atom. The molecule has 0 bridgehead atoms. The normalized spacial score (nSPS) is 30.7. The van der Waals surface area contributed by atoms with Crippen LogP contribution in [0.4, 0.5) is 0 Å². The largest absolute Gasteiger partial charge is 0.463 e. The first kappa shape index (κ1) is 19.9. The van der Waals surface area contributed by atoms with Gasteiger partial charge >= 0.3 is 11.9 Å². The van der Waals surface area contributed by atoms with Crippen LogP contribution in [-0.2, 0) is 28.5 Å². The maximum atomic E-state index is 11.4. The Morgan fingerprint density at radius 1 is 1.04 bits per heavy atom. The summed E-state index contributed by atoms with van der Waals surface area (Å²) in [5, 5.41) is 0. The van der Waals surface area contributed by atoms with Crippen LogP contribution in [0.5, 0.6) is 0 Å². The highest BCUT2D eigenvalue weighted by atomic mass is 16.7. The highest BCUT2D eigenvalue weighted by Gasteiger charge is 2.44. The minimum Gasteiger partial charge on any atom is -0.463 e. The van der Waals surface area contributed by atoms with Crippen molar-refractivity contribution in [2.45, 2.75) is 72.4 Å². The topological polar surface area (TPSA) is 71.1 Å². The predicted molar refractivity (Wildman–Crippen MR) is 84.7 cm³/mol. The molecule has 0 spiro atoms. The summed E-state index contributed by atoms with van der Waals surface area (Å²) in [4.78, 5) is 22.4. The molecule has 6 nitrogen and oxygen atoms in total. The molecule has 0 aliphatic carbocycles. The fraction of sp³-hybridized carbons (Fsp3) is 0.882. The first-order valence-electron chi connectivity index (χ1n) is 8.44. The third kappa shape index (κ3) is 6.47. The predicted octanol–water partition coefficient (Wildman–Crippen LogP) is 2.69. The first-order valence-corrected chi connectivity index (χ1v) is 8.44. The quantitative estimate of drug-likeness (QED) is 0.503. The van der Waals surface area contributed by atoms with Crippen LogP contribution in [0.15, 0.2) is 0 Å². The number of unbranched alkanes of at least 4 members (excludes halogenated alkanes) is 2. The molecule has 23 heavy (non-hydrogen) atoms. The lowest BCUT2D eigenvalue weighted by molar-refractivity contribution is -0.273. The summed E-state index contributed by atoms with van der Waals surface area (Å²) >= 11 is 0. The van der Waals surface area contributed by atoms with Gasteiger partial charge in [0.25, 0.3) is 0 Å². The van der Waals surface area contributed by atoms with E-state index in [2.05, 4.69) is 6.92 Å². The molecule has 0 N–H and O–H groups in total. The molecule has 1 aliphatic rings. The minimum absolute atomic E-state index is 0.0457. The number of hydrogen-bond acceptors (Lipinski definition) is 6. The summed E-state index contributed by atoms with van der Waals surface area (Å²) < 4.78 is 22.2. The molecule has 5 atom stereocenters. The van der Waals surface area contributed by atoms with Crippen molar-refractivity contribution in [1.29, 1.82) is 0 Å². The zero-order chi connectivity index (χ0) is 17.4. The number of ether oxygens (including phenoxy) is 4. The van der Waals surface area contributed by atoms with Crippen molar-refractivity contribution in [2.24, 2.45) is 11.8 Å². The Balaban J connectivity index is 2.70. The average Bonchev–Trinajstić information content (AvgIpc) is 2.48. The molecule has 0 aromatic heterocycles. The van der Waals surface area contributed by atoms with E-state index in [0.717, 1.165) is 19.3 Å². The molecule has 0 saturated carbocycles. The molecule has 0 radical (unpaired) electrons. The van der Waals surface area contributed by atoms with Gasteiger partial charge in [0.05, 0.1) is 0 Å². The van der Waals surface area contributed by atoms with Gasteiger partial charge in [-0.2, -0.15) is 0 Å². The Morgan fingerprint density at radius 2 is 1.74 bits per heavy atom. The second-order valence-corrected chi connectivity index (χ2v) is 6.22. The van der Waals surface area contributed by atoms with Crippen LogP contribution in [-0.4, -0.2) is 43.7 Å². The summed E-state index contributed by atoms with van der Waals surface area (Å²) in [5.41, 5.74) is 0. The van der Waals surface area contributed by atoms with Crippen LogP contribution in [0.1, 0.15) is 53.9 Å². The van der Waals surface area contributed by atoms with Crippen LogP contribution in [0.2, 0.25) is 0 Å². The van der Waals surface area contributed by atoms with Gasteiger partial charge in [-0.25, -0.2) is 0 Å². The van der Waals surface area contributed by atoms with Gasteiger partial charge in [0, 0.05) is 32.3 Å². The zero-order valence-corrected chi connectivity index (χ0v) is 14.9. The number of carbonyl (C=O) groups excluding carboxylic acids is 2. The van der Waals surface area contributed by atoms with E-state index in [-0.39, 0.29) is 36.7 Å². The maximum Gasteiger partial charge on any atom is 0.303 e. The number of esters is 2. The fourth-order valence-corrected chi connectivity index (χ4v) is 2.71. The highest BCUT2D eigenvalue weighted by Crippen LogP contribution is 2.33. The van der Waals surface area contributed by atoms with E-state index in [1.807, 2.05) is 13.8 Å². The van der Waals surface area contributed by atoms with E-state index >= 15 is 0 Å². The SMILES string of the molecule is CCCCCO[C@@H]1OC(COC(C)=O)[C@H](OC(C)=O)[C@H](C)C1C. The molecule has 1 aliphatic heterocycles. The molecule has 6 heteroatoms. The molecule has 1 saturated heterocycles. The maximum absolute atomic E-state index is 11.4. The highest BCUT2D eigenvalue weighted by molar-refractivity contribution is 5.66. The van der Waals surface area contributed by atoms with Gasteiger partial charge in [-0.3, -0.25) is 9.59 Å². The van der Waals surface area contributed by atoms with Crippen molar-refractivity contribution in [3.05, 3.63) is 0 Å². The van der Waals surface area contributed by atoms with E-state index in [0.29, 0.717) is 6.61 Å². The van der Waals surface area contributed by atoms with Crippen molar-refractivity contribution >= 4 is 11.9 Å². The zero-order valence-electron chi connectivity index (χ0n) is 14.9. The molecule has 1 rings (SSSR count). The van der Waals surface area contributed by atoms with E-state index in [9.17, 15) is 9.59 Å². The van der Waals surface area contributed by atoms with Crippen molar-refractivity contribution in [3.8, 4) is 0 Å². The summed E-state index contributed by atoms with van der Waals surface area (Å²) in [6, 6.07) is 0. The van der Waals surface area contributed by atoms with Crippen LogP contribution in [0, 0.1) is 11.8 Å². The second-order valence-electron chi connectivity index (χ2n) is 6.22. The van der Waals surface area contributed by atoms with Gasteiger partial charge in [0.15, 0.2) is 6.29 Å². The van der Waals surface area contributed by atoms with E-state index < -0.39 is 12.2 Å². The first-order chi connectivity index (χ1) is 10.9. The number of rotatable bonds is 8. The van der Waals surface area contributed by atoms with Gasteiger partial charge in [0.2, 0.25) is 0 Å². The van der Waals surface area contributed by atoms with Gasteiger partial charge in [-0.15, -0.1) is 0 Å². The summed E-state index contributed by atoms with van der Waals surface area (Å²) in [6.07, 6.45) is 1.89. The molecule has 0 aromatic rings. The summed E-state index contributed by atoms with van der Waals surface area (Å²) in [6.45, 7) is 9.56. The van der Waals surface area contributed by atoms with Crippen molar-refractivity contribution < 1.29 is 28.5 Å². The molecule has 0 amide bonds. The minimum atomic E-state index is -0.509. The summed E-state index contributed by atoms with van der Waals surface area (Å²) in [7, 11) is 0. The fourth-order valence-electron chi connectivity index (χ4n) is 2.71. The number of hydrogen-bond donors (Lipinski definition) is 0. The van der Waals surface area contributed by atoms with Crippen LogP contribution < -0.4 is 0 Å². The average molecular weight is 330 g/mol. The van der Waals surface area contributed by atoms with Gasteiger partial charge < -0.3 is 18.9 Å². The van der Waals surface area contributed by atoms with Gasteiger partial charge in [-0.05, 0) is 6.42 Å². The summed E-state index contributed by atoms with van der Waals surface area (Å²) in [5.74, 6) is -0.631. The van der Waals surface area contributed by atoms with Crippen LogP contribution >= 0.6 is 0 Å². The third-order valence-corrected chi connectivity index (χ3v) is 4.24. The lowest BCUT2D eigenvalue weighted by Crippen LogP contribution is -2.53. The Hall–Kier alpha value is -1.14. The Kier molecular flexibility index (Phi) is 8.55. The van der Waals surface area contributed by atoms with Gasteiger partial charge in [0.1, 0.15) is 18.8 Å². The molecular weight excluding hydrogens is 300 g/mol. The molecule has 0 aromatic carbocycles. The molecule has 1 fully saturated rings. The number of carbonyl (C=O) groups is 2. The third-order valence-electron chi connectivity index (χ3n) is 4.24. The van der Waals surface area contributed by atoms with E-state index in [1.54, 1.807) is 0 Å².